The zero-order valence-electron chi connectivity index (χ0n) is 10.9. The zero-order chi connectivity index (χ0) is 12.2. The van der Waals surface area contributed by atoms with E-state index in [1.807, 2.05) is 0 Å². The molecule has 1 fully saturated rings. The Hall–Kier alpha value is -0.860. The highest BCUT2D eigenvalue weighted by atomic mass is 16.3. The van der Waals surface area contributed by atoms with Gasteiger partial charge in [-0.1, -0.05) is 38.1 Å². The van der Waals surface area contributed by atoms with Crippen LogP contribution in [0.25, 0.3) is 0 Å². The summed E-state index contributed by atoms with van der Waals surface area (Å²) in [6.07, 6.45) is 0. The lowest BCUT2D eigenvalue weighted by Crippen LogP contribution is -2.32. The van der Waals surface area contributed by atoms with Gasteiger partial charge in [-0.3, -0.25) is 0 Å². The van der Waals surface area contributed by atoms with Crippen LogP contribution in [-0.2, 0) is 5.41 Å². The van der Waals surface area contributed by atoms with Crippen LogP contribution in [0.3, 0.4) is 0 Å². The van der Waals surface area contributed by atoms with Crippen molar-refractivity contribution < 1.29 is 5.11 Å². The first-order valence-electron chi connectivity index (χ1n) is 6.48. The van der Waals surface area contributed by atoms with E-state index in [0.29, 0.717) is 17.9 Å². The number of aliphatic hydroxyl groups is 1. The number of nitrogens with zero attached hydrogens (tertiary/aromatic N) is 1. The first-order valence-corrected chi connectivity index (χ1v) is 6.48. The minimum absolute atomic E-state index is 0.236. The Kier molecular flexibility index (Phi) is 2.36. The van der Waals surface area contributed by atoms with Gasteiger partial charge in [0.05, 0.1) is 6.61 Å². The van der Waals surface area contributed by atoms with Gasteiger partial charge >= 0.3 is 0 Å². The van der Waals surface area contributed by atoms with Crippen molar-refractivity contribution in [2.24, 2.45) is 5.92 Å². The van der Waals surface area contributed by atoms with Crippen molar-refractivity contribution in [3.05, 3.63) is 35.4 Å². The van der Waals surface area contributed by atoms with Gasteiger partial charge < -0.3 is 10.0 Å². The van der Waals surface area contributed by atoms with Crippen LogP contribution in [0.5, 0.6) is 0 Å². The third kappa shape index (κ3) is 1.34. The molecular weight excluding hydrogens is 210 g/mol. The molecule has 92 valence electrons. The predicted molar refractivity (Wildman–Crippen MR) is 69.2 cm³/mol. The van der Waals surface area contributed by atoms with Crippen molar-refractivity contribution in [2.45, 2.75) is 31.2 Å². The molecule has 1 aromatic carbocycles. The Labute approximate surface area is 103 Å². The summed E-state index contributed by atoms with van der Waals surface area (Å²) in [7, 11) is 2.14. The molecule has 1 aromatic rings. The third-order valence-electron chi connectivity index (χ3n) is 5.03. The quantitative estimate of drug-likeness (QED) is 0.799. The van der Waals surface area contributed by atoms with Gasteiger partial charge in [0.25, 0.3) is 0 Å². The number of fused-ring (bicyclic) bond motifs is 3. The Morgan fingerprint density at radius 3 is 2.76 bits per heavy atom. The van der Waals surface area contributed by atoms with Crippen LogP contribution in [0, 0.1) is 5.92 Å². The second-order valence-corrected chi connectivity index (χ2v) is 6.13. The normalized spacial score (nSPS) is 34.7. The lowest BCUT2D eigenvalue weighted by molar-refractivity contribution is 0.172. The van der Waals surface area contributed by atoms with E-state index in [1.165, 1.54) is 11.1 Å². The van der Waals surface area contributed by atoms with E-state index in [-0.39, 0.29) is 12.0 Å². The largest absolute Gasteiger partial charge is 0.395 e. The van der Waals surface area contributed by atoms with Crippen molar-refractivity contribution in [3.63, 3.8) is 0 Å². The summed E-state index contributed by atoms with van der Waals surface area (Å²) in [5.41, 5.74) is 3.19. The maximum Gasteiger partial charge on any atom is 0.0592 e. The van der Waals surface area contributed by atoms with Gasteiger partial charge in [-0.15, -0.1) is 0 Å². The van der Waals surface area contributed by atoms with E-state index in [1.54, 1.807) is 0 Å². The number of likely N-dealkylation sites (tertiary alicyclic amines) is 1. The molecule has 1 N–H and O–H groups in total. The summed E-state index contributed by atoms with van der Waals surface area (Å²) in [6, 6.07) is 9.08. The van der Waals surface area contributed by atoms with Crippen LogP contribution in [0.4, 0.5) is 0 Å². The summed E-state index contributed by atoms with van der Waals surface area (Å²) in [5.74, 6) is 1.15. The van der Waals surface area contributed by atoms with E-state index in [9.17, 15) is 5.11 Å². The van der Waals surface area contributed by atoms with E-state index < -0.39 is 0 Å². The van der Waals surface area contributed by atoms with Crippen LogP contribution >= 0.6 is 0 Å². The number of benzene rings is 1. The van der Waals surface area contributed by atoms with Gasteiger partial charge in [0, 0.05) is 18.5 Å². The molecule has 0 bridgehead atoms. The summed E-state index contributed by atoms with van der Waals surface area (Å²) in [5, 5.41) is 9.64. The summed E-state index contributed by atoms with van der Waals surface area (Å²) in [6.45, 7) is 6.06. The first-order chi connectivity index (χ1) is 8.07. The van der Waals surface area contributed by atoms with Crippen molar-refractivity contribution in [1.82, 2.24) is 4.90 Å². The molecule has 3 rings (SSSR count). The highest BCUT2D eigenvalue weighted by molar-refractivity contribution is 5.45. The molecule has 3 atom stereocenters. The van der Waals surface area contributed by atoms with Crippen LogP contribution in [0.2, 0.25) is 0 Å². The number of rotatable bonds is 1. The lowest BCUT2D eigenvalue weighted by atomic mass is 9.76. The Morgan fingerprint density at radius 1 is 1.35 bits per heavy atom. The third-order valence-corrected chi connectivity index (χ3v) is 5.03. The zero-order valence-corrected chi connectivity index (χ0v) is 10.9. The van der Waals surface area contributed by atoms with Gasteiger partial charge in [0.15, 0.2) is 0 Å². The molecule has 2 nitrogen and oxygen atoms in total. The van der Waals surface area contributed by atoms with Gasteiger partial charge in [0.2, 0.25) is 0 Å². The standard InChI is InChI=1S/C15H21NO/c1-15(2)11-7-5-4-6-10(11)14-12(15)8-16(3)13(14)9-17/h4-7,12-14,17H,8-9H2,1-3H3/t12?,13-,14?/m1/s1. The molecular formula is C15H21NO. The molecule has 1 heterocycles. The number of likely N-dealkylation sites (N-methyl/N-ethyl adjacent to an activating group) is 1. The molecule has 2 aliphatic rings. The molecule has 0 saturated carbocycles. The summed E-state index contributed by atoms with van der Waals surface area (Å²) >= 11 is 0. The highest BCUT2D eigenvalue weighted by Gasteiger charge is 2.53. The predicted octanol–water partition coefficient (Wildman–Crippen LogP) is 1.98. The van der Waals surface area contributed by atoms with Gasteiger partial charge in [-0.2, -0.15) is 0 Å². The molecule has 2 unspecified atom stereocenters. The van der Waals surface area contributed by atoms with Gasteiger partial charge in [0.1, 0.15) is 0 Å². The average Bonchev–Trinajstić information content (AvgIpc) is 2.75. The molecule has 0 radical (unpaired) electrons. The lowest BCUT2D eigenvalue weighted by Gasteiger charge is -2.27. The second kappa shape index (κ2) is 3.56. The number of hydrogen-bond acceptors (Lipinski definition) is 2. The topological polar surface area (TPSA) is 23.5 Å². The number of aliphatic hydroxyl groups excluding tert-OH is 1. The Balaban J connectivity index is 2.13. The van der Waals surface area contributed by atoms with Crippen LogP contribution in [0.1, 0.15) is 30.9 Å². The maximum absolute atomic E-state index is 9.64. The highest BCUT2D eigenvalue weighted by Crippen LogP contribution is 2.55. The van der Waals surface area contributed by atoms with E-state index in [2.05, 4.69) is 50.1 Å². The van der Waals surface area contributed by atoms with Crippen molar-refractivity contribution >= 4 is 0 Å². The molecule has 0 amide bonds. The summed E-state index contributed by atoms with van der Waals surface area (Å²) < 4.78 is 0. The van der Waals surface area contributed by atoms with Crippen molar-refractivity contribution in [2.75, 3.05) is 20.2 Å². The molecule has 2 heteroatoms. The monoisotopic (exact) mass is 231 g/mol. The SMILES string of the molecule is CN1CC2C(c3ccccc3C2(C)C)[C@H]1CO. The second-order valence-electron chi connectivity index (χ2n) is 6.13. The smallest absolute Gasteiger partial charge is 0.0592 e. The Morgan fingerprint density at radius 2 is 2.06 bits per heavy atom. The maximum atomic E-state index is 9.64. The minimum Gasteiger partial charge on any atom is -0.395 e. The fourth-order valence-corrected chi connectivity index (χ4v) is 4.03. The fraction of sp³-hybridized carbons (Fsp3) is 0.600. The summed E-state index contributed by atoms with van der Waals surface area (Å²) in [4.78, 5) is 2.33. The molecule has 1 aliphatic heterocycles. The fourth-order valence-electron chi connectivity index (χ4n) is 4.03. The van der Waals surface area contributed by atoms with Crippen LogP contribution in [0.15, 0.2) is 24.3 Å². The first kappa shape index (κ1) is 11.2. The Bertz CT molecular complexity index is 440. The molecule has 1 saturated heterocycles. The molecule has 0 aromatic heterocycles. The number of hydrogen-bond donors (Lipinski definition) is 1. The van der Waals surface area contributed by atoms with Crippen molar-refractivity contribution in [3.8, 4) is 0 Å². The van der Waals surface area contributed by atoms with E-state index >= 15 is 0 Å². The van der Waals surface area contributed by atoms with E-state index in [0.717, 1.165) is 6.54 Å². The van der Waals surface area contributed by atoms with Crippen LogP contribution < -0.4 is 0 Å². The molecule has 17 heavy (non-hydrogen) atoms. The van der Waals surface area contributed by atoms with E-state index in [4.69, 9.17) is 0 Å². The molecule has 1 aliphatic carbocycles. The van der Waals surface area contributed by atoms with Crippen LogP contribution in [-0.4, -0.2) is 36.2 Å². The molecule has 0 spiro atoms. The average molecular weight is 231 g/mol. The van der Waals surface area contributed by atoms with Gasteiger partial charge in [-0.25, -0.2) is 0 Å². The minimum atomic E-state index is 0.236. The van der Waals surface area contributed by atoms with Crippen molar-refractivity contribution in [1.29, 1.82) is 0 Å². The van der Waals surface area contributed by atoms with Gasteiger partial charge in [-0.05, 0) is 29.5 Å².